The molecule has 1 N–H and O–H groups in total. The van der Waals surface area contributed by atoms with E-state index in [1.807, 2.05) is 0 Å². The monoisotopic (exact) mass is 398 g/mol. The Hall–Kier alpha value is 0.182. The first kappa shape index (κ1) is 21.2. The normalized spacial score (nSPS) is 19.8. The maximum absolute atomic E-state index is 4.83. The summed E-state index contributed by atoms with van der Waals surface area (Å²) in [5.41, 5.74) is 2.43. The molecule has 132 valence electrons. The van der Waals surface area contributed by atoms with Crippen molar-refractivity contribution in [3.8, 4) is 0 Å². The van der Waals surface area contributed by atoms with Crippen LogP contribution in [0.2, 0.25) is 0 Å². The Kier molecular flexibility index (Phi) is 12.4. The molecule has 6 heteroatoms. The van der Waals surface area contributed by atoms with Crippen LogP contribution in [0.1, 0.15) is 49.4 Å². The summed E-state index contributed by atoms with van der Waals surface area (Å²) in [6, 6.07) is 6.40. The quantitative estimate of drug-likeness (QED) is 0.560. The van der Waals surface area contributed by atoms with Crippen LogP contribution in [-0.4, -0.2) is 41.9 Å². The molecule has 2 fully saturated rings. The van der Waals surface area contributed by atoms with Crippen molar-refractivity contribution in [2.45, 2.75) is 44.6 Å². The van der Waals surface area contributed by atoms with Gasteiger partial charge in [-0.2, -0.15) is 6.42 Å². The summed E-state index contributed by atoms with van der Waals surface area (Å²) in [5.74, 6) is 0.604. The number of pyridine rings is 1. The minimum absolute atomic E-state index is 0.181. The van der Waals surface area contributed by atoms with Crippen LogP contribution < -0.4 is 0 Å². The molecule has 1 atom stereocenters. The summed E-state index contributed by atoms with van der Waals surface area (Å²) in [5, 5.41) is 0. The van der Waals surface area contributed by atoms with E-state index in [-0.39, 0.29) is 13.4 Å². The van der Waals surface area contributed by atoms with Crippen LogP contribution in [0.5, 0.6) is 0 Å². The second-order valence-electron chi connectivity index (χ2n) is 6.00. The molecule has 1 aromatic heterocycles. The van der Waals surface area contributed by atoms with Crippen molar-refractivity contribution in [1.82, 2.24) is 9.88 Å². The van der Waals surface area contributed by atoms with Crippen LogP contribution >= 0.6 is 20.1 Å². The van der Waals surface area contributed by atoms with Crippen molar-refractivity contribution in [1.29, 1.82) is 0 Å². The van der Waals surface area contributed by atoms with E-state index in [9.17, 15) is 0 Å². The summed E-state index contributed by atoms with van der Waals surface area (Å²) >= 11 is -0.181. The summed E-state index contributed by atoms with van der Waals surface area (Å²) in [7, 11) is 13.8. The Bertz CT molecular complexity index is 404. The standard InChI is InChI=1S/C13H19N2.C4H8O.2ClH.Cr/c1-15(2)10-12-8-5-9-13(14-12)11-6-3-4-7-11;1-2-4-5-3-1;;;/h5-6,8-9,11H,3-4,7,10H2,1-2H3;1-4H2;2*1H;/q-1;;;;+2/p-1. The molecule has 23 heavy (non-hydrogen) atoms. The van der Waals surface area contributed by atoms with Gasteiger partial charge in [0.25, 0.3) is 0 Å². The Balaban J connectivity index is 0.000000273. The van der Waals surface area contributed by atoms with E-state index in [0.29, 0.717) is 5.92 Å². The zero-order valence-corrected chi connectivity index (χ0v) is 16.8. The van der Waals surface area contributed by atoms with E-state index in [4.69, 9.17) is 25.1 Å². The Morgan fingerprint density at radius 1 is 1.26 bits per heavy atom. The molecule has 3 nitrogen and oxygen atoms in total. The molecule has 0 spiro atoms. The Morgan fingerprint density at radius 2 is 1.96 bits per heavy atom. The van der Waals surface area contributed by atoms with Crippen LogP contribution in [-0.2, 0) is 19.9 Å². The number of ether oxygens (including phenoxy) is 1. The van der Waals surface area contributed by atoms with Gasteiger partial charge in [0.1, 0.15) is 13.2 Å². The summed E-state index contributed by atoms with van der Waals surface area (Å²) in [6.07, 6.45) is 8.93. The molecule has 0 aromatic carbocycles. The molecular formula is C17H28Cl2CrN2O. The van der Waals surface area contributed by atoms with Gasteiger partial charge in [-0.1, -0.05) is 18.9 Å². The Morgan fingerprint density at radius 3 is 2.43 bits per heavy atom. The number of aromatic nitrogens is 1. The number of hydrogen-bond donors (Lipinski definition) is 0. The van der Waals surface area contributed by atoms with E-state index in [2.05, 4.69) is 48.4 Å². The van der Waals surface area contributed by atoms with Crippen molar-refractivity contribution in [2.24, 2.45) is 0 Å². The topological polar surface area (TPSA) is 28.9 Å². The van der Waals surface area contributed by atoms with Gasteiger partial charge in [0, 0.05) is 25.1 Å². The van der Waals surface area contributed by atoms with Gasteiger partial charge in [0.05, 0.1) is 5.69 Å². The number of rotatable bonds is 3. The fraction of sp³-hybridized carbons (Fsp3) is 0.647. The van der Waals surface area contributed by atoms with E-state index in [1.54, 1.807) is 0 Å². The van der Waals surface area contributed by atoms with E-state index in [0.717, 1.165) is 19.8 Å². The molecule has 1 aliphatic heterocycles. The average molecular weight is 399 g/mol. The predicted molar refractivity (Wildman–Crippen MR) is 95.4 cm³/mol. The first-order valence-corrected chi connectivity index (χ1v) is 11.6. The molecule has 2 aliphatic rings. The van der Waals surface area contributed by atoms with Crippen LogP contribution in [0, 0.1) is 6.42 Å². The Labute approximate surface area is 155 Å². The SMILES string of the molecule is C1CC[OH+]C1.CN(C)Cc1cccc(C2[CH-]CCC2)n1.[Cl][Cr][Cl]. The van der Waals surface area contributed by atoms with Gasteiger partial charge in [-0.15, -0.1) is 5.92 Å². The molecule has 1 saturated heterocycles. The minimum atomic E-state index is -0.181. The molecule has 0 amide bonds. The maximum atomic E-state index is 4.83. The zero-order valence-electron chi connectivity index (χ0n) is 14.0. The van der Waals surface area contributed by atoms with Crippen molar-refractivity contribution in [3.63, 3.8) is 0 Å². The van der Waals surface area contributed by atoms with Gasteiger partial charge in [0.2, 0.25) is 0 Å². The third-order valence-corrected chi connectivity index (χ3v) is 3.74. The molecule has 0 radical (unpaired) electrons. The second kappa shape index (κ2) is 13.5. The van der Waals surface area contributed by atoms with Crippen molar-refractivity contribution in [3.05, 3.63) is 36.0 Å². The van der Waals surface area contributed by atoms with Crippen molar-refractivity contribution in [2.75, 3.05) is 27.3 Å². The fourth-order valence-corrected chi connectivity index (χ4v) is 2.72. The molecule has 0 bridgehead atoms. The average Bonchev–Trinajstić information content (AvgIpc) is 3.24. The molecule has 2 heterocycles. The van der Waals surface area contributed by atoms with Gasteiger partial charge >= 0.3 is 33.5 Å². The predicted octanol–water partition coefficient (Wildman–Crippen LogP) is 4.30. The van der Waals surface area contributed by atoms with Gasteiger partial charge in [-0.3, -0.25) is 4.98 Å². The van der Waals surface area contributed by atoms with Crippen LogP contribution in [0.25, 0.3) is 0 Å². The molecule has 1 saturated carbocycles. The van der Waals surface area contributed by atoms with Crippen LogP contribution in [0.4, 0.5) is 0 Å². The number of aliphatic hydroxyl groups is 2. The van der Waals surface area contributed by atoms with Crippen molar-refractivity contribution >= 4 is 20.1 Å². The zero-order chi connectivity index (χ0) is 16.9. The van der Waals surface area contributed by atoms with Crippen molar-refractivity contribution < 1.29 is 18.1 Å². The van der Waals surface area contributed by atoms with Crippen LogP contribution in [0.15, 0.2) is 18.2 Å². The summed E-state index contributed by atoms with van der Waals surface area (Å²) < 4.78 is 4.08. The molecular weight excluding hydrogens is 371 g/mol. The molecule has 1 aliphatic carbocycles. The first-order chi connectivity index (χ1) is 11.2. The van der Waals surface area contributed by atoms with E-state index < -0.39 is 0 Å². The van der Waals surface area contributed by atoms with E-state index in [1.165, 1.54) is 43.5 Å². The molecule has 1 unspecified atom stereocenters. The second-order valence-corrected chi connectivity index (χ2v) is 8.11. The van der Waals surface area contributed by atoms with E-state index >= 15 is 0 Å². The first-order valence-electron chi connectivity index (χ1n) is 8.14. The van der Waals surface area contributed by atoms with Gasteiger partial charge in [-0.25, -0.2) is 0 Å². The molecule has 1 aromatic rings. The fourth-order valence-electron chi connectivity index (χ4n) is 2.72. The number of hydrogen-bond acceptors (Lipinski definition) is 2. The van der Waals surface area contributed by atoms with Gasteiger partial charge in [0.15, 0.2) is 0 Å². The third-order valence-electron chi connectivity index (χ3n) is 3.74. The molecule has 3 rings (SSSR count). The van der Waals surface area contributed by atoms with Gasteiger partial charge < -0.3 is 16.1 Å². The summed E-state index contributed by atoms with van der Waals surface area (Å²) in [6.45, 7) is 3.18. The third kappa shape index (κ3) is 9.92. The van der Waals surface area contributed by atoms with Crippen LogP contribution in [0.3, 0.4) is 0 Å². The summed E-state index contributed by atoms with van der Waals surface area (Å²) in [4.78, 5) is 6.88. The number of halogens is 2. The number of nitrogens with zero attached hydrogens (tertiary/aromatic N) is 2. The van der Waals surface area contributed by atoms with Gasteiger partial charge in [-0.05, 0) is 26.2 Å².